The van der Waals surface area contributed by atoms with Gasteiger partial charge in [0.2, 0.25) is 0 Å². The van der Waals surface area contributed by atoms with E-state index < -0.39 is 0 Å². The summed E-state index contributed by atoms with van der Waals surface area (Å²) in [5.74, 6) is 0. The summed E-state index contributed by atoms with van der Waals surface area (Å²) in [4.78, 5) is 0. The second-order valence-electron chi connectivity index (χ2n) is 5.83. The van der Waals surface area contributed by atoms with Gasteiger partial charge in [0.25, 0.3) is 0 Å². The van der Waals surface area contributed by atoms with Gasteiger partial charge >= 0.3 is 0 Å². The first-order valence-electron chi connectivity index (χ1n) is 6.44. The van der Waals surface area contributed by atoms with Crippen LogP contribution in [0.5, 0.6) is 0 Å². The Hall–Kier alpha value is -0.120. The molecule has 1 rings (SSSR count). The monoisotopic (exact) mass is 229 g/mol. The molecule has 3 nitrogen and oxygen atoms in total. The van der Waals surface area contributed by atoms with Gasteiger partial charge in [-0.05, 0) is 24.7 Å². The molecule has 2 N–H and O–H groups in total. The van der Waals surface area contributed by atoms with Gasteiger partial charge in [0.05, 0.1) is 18.8 Å². The van der Waals surface area contributed by atoms with Gasteiger partial charge < -0.3 is 15.2 Å². The van der Waals surface area contributed by atoms with Crippen LogP contribution in [0.3, 0.4) is 0 Å². The molecular weight excluding hydrogens is 202 g/mol. The van der Waals surface area contributed by atoms with Gasteiger partial charge in [0.15, 0.2) is 0 Å². The fourth-order valence-electron chi connectivity index (χ4n) is 2.22. The molecular formula is C13H27NO2. The maximum absolute atomic E-state index is 6.12. The van der Waals surface area contributed by atoms with Crippen molar-refractivity contribution in [1.82, 2.24) is 0 Å². The molecule has 0 spiro atoms. The summed E-state index contributed by atoms with van der Waals surface area (Å²) in [5, 5.41) is 0. The normalized spacial score (nSPS) is 25.7. The van der Waals surface area contributed by atoms with E-state index in [2.05, 4.69) is 27.7 Å². The van der Waals surface area contributed by atoms with E-state index >= 15 is 0 Å². The van der Waals surface area contributed by atoms with E-state index in [1.54, 1.807) is 0 Å². The molecule has 0 radical (unpaired) electrons. The standard InChI is InChI=1S/C13H27NO2/c1-5-11(14)12(13(2,3)4)16-9-10-7-6-8-15-10/h10-12H,5-9,14H2,1-4H3. The van der Waals surface area contributed by atoms with Crippen LogP contribution in [0, 0.1) is 5.41 Å². The fourth-order valence-corrected chi connectivity index (χ4v) is 2.22. The van der Waals surface area contributed by atoms with Gasteiger partial charge in [-0.15, -0.1) is 0 Å². The summed E-state index contributed by atoms with van der Waals surface area (Å²) >= 11 is 0. The molecule has 3 heteroatoms. The summed E-state index contributed by atoms with van der Waals surface area (Å²) in [7, 11) is 0. The van der Waals surface area contributed by atoms with Crippen LogP contribution >= 0.6 is 0 Å². The molecule has 0 saturated carbocycles. The van der Waals surface area contributed by atoms with Crippen LogP contribution in [-0.4, -0.2) is 31.5 Å². The Labute approximate surface area is 99.7 Å². The van der Waals surface area contributed by atoms with Crippen molar-refractivity contribution >= 4 is 0 Å². The number of hydrogen-bond donors (Lipinski definition) is 1. The highest BCUT2D eigenvalue weighted by Gasteiger charge is 2.31. The van der Waals surface area contributed by atoms with Crippen LogP contribution in [0.4, 0.5) is 0 Å². The average Bonchev–Trinajstić information content (AvgIpc) is 2.68. The zero-order valence-electron chi connectivity index (χ0n) is 11.2. The first-order chi connectivity index (χ1) is 7.45. The lowest BCUT2D eigenvalue weighted by Crippen LogP contribution is -2.46. The third kappa shape index (κ3) is 4.04. The minimum atomic E-state index is 0.0913. The Morgan fingerprint density at radius 3 is 2.56 bits per heavy atom. The van der Waals surface area contributed by atoms with Crippen LogP contribution in [-0.2, 0) is 9.47 Å². The molecule has 1 heterocycles. The predicted octanol–water partition coefficient (Wildman–Crippen LogP) is 2.33. The first-order valence-corrected chi connectivity index (χ1v) is 6.44. The number of hydrogen-bond acceptors (Lipinski definition) is 3. The highest BCUT2D eigenvalue weighted by atomic mass is 16.5. The van der Waals surface area contributed by atoms with Crippen molar-refractivity contribution in [3.05, 3.63) is 0 Å². The quantitative estimate of drug-likeness (QED) is 0.787. The van der Waals surface area contributed by atoms with Gasteiger partial charge in [0, 0.05) is 12.6 Å². The predicted molar refractivity (Wildman–Crippen MR) is 66.4 cm³/mol. The zero-order valence-corrected chi connectivity index (χ0v) is 11.2. The molecule has 0 aromatic carbocycles. The molecule has 3 unspecified atom stereocenters. The Balaban J connectivity index is 2.43. The Bertz CT molecular complexity index is 195. The molecule has 1 fully saturated rings. The molecule has 0 aromatic rings. The van der Waals surface area contributed by atoms with Crippen LogP contribution in [0.25, 0.3) is 0 Å². The fraction of sp³-hybridized carbons (Fsp3) is 1.00. The molecule has 1 saturated heterocycles. The topological polar surface area (TPSA) is 44.5 Å². The Morgan fingerprint density at radius 1 is 1.44 bits per heavy atom. The Kier molecular flexibility index (Phi) is 5.22. The first kappa shape index (κ1) is 13.9. The summed E-state index contributed by atoms with van der Waals surface area (Å²) in [6, 6.07) is 0.112. The van der Waals surface area contributed by atoms with E-state index in [-0.39, 0.29) is 23.7 Å². The van der Waals surface area contributed by atoms with Crippen LogP contribution < -0.4 is 5.73 Å². The van der Waals surface area contributed by atoms with E-state index in [9.17, 15) is 0 Å². The van der Waals surface area contributed by atoms with E-state index in [1.807, 2.05) is 0 Å². The lowest BCUT2D eigenvalue weighted by molar-refractivity contribution is -0.0719. The lowest BCUT2D eigenvalue weighted by atomic mass is 9.84. The van der Waals surface area contributed by atoms with E-state index in [0.29, 0.717) is 6.61 Å². The van der Waals surface area contributed by atoms with Crippen molar-refractivity contribution in [3.63, 3.8) is 0 Å². The molecule has 1 aliphatic heterocycles. The van der Waals surface area contributed by atoms with Crippen LogP contribution in [0.2, 0.25) is 0 Å². The molecule has 96 valence electrons. The van der Waals surface area contributed by atoms with Gasteiger partial charge in [-0.3, -0.25) is 0 Å². The van der Waals surface area contributed by atoms with Crippen LogP contribution in [0.15, 0.2) is 0 Å². The van der Waals surface area contributed by atoms with Gasteiger partial charge in [-0.1, -0.05) is 27.7 Å². The molecule has 0 aliphatic carbocycles. The molecule has 0 bridgehead atoms. The van der Waals surface area contributed by atoms with E-state index in [1.165, 1.54) is 0 Å². The summed E-state index contributed by atoms with van der Waals surface area (Å²) in [5.41, 5.74) is 6.21. The molecule has 3 atom stereocenters. The molecule has 0 amide bonds. The summed E-state index contributed by atoms with van der Waals surface area (Å²) in [6.45, 7) is 10.2. The summed E-state index contributed by atoms with van der Waals surface area (Å²) < 4.78 is 11.6. The lowest BCUT2D eigenvalue weighted by Gasteiger charge is -2.35. The van der Waals surface area contributed by atoms with Crippen molar-refractivity contribution < 1.29 is 9.47 Å². The summed E-state index contributed by atoms with van der Waals surface area (Å²) in [6.07, 6.45) is 3.63. The molecule has 0 aromatic heterocycles. The van der Waals surface area contributed by atoms with Gasteiger partial charge in [0.1, 0.15) is 0 Å². The van der Waals surface area contributed by atoms with E-state index in [4.69, 9.17) is 15.2 Å². The largest absolute Gasteiger partial charge is 0.376 e. The van der Waals surface area contributed by atoms with Crippen molar-refractivity contribution in [2.45, 2.75) is 65.2 Å². The smallest absolute Gasteiger partial charge is 0.0809 e. The van der Waals surface area contributed by atoms with Gasteiger partial charge in [-0.25, -0.2) is 0 Å². The van der Waals surface area contributed by atoms with Crippen LogP contribution in [0.1, 0.15) is 47.0 Å². The number of nitrogens with two attached hydrogens (primary N) is 1. The van der Waals surface area contributed by atoms with Crippen molar-refractivity contribution in [2.75, 3.05) is 13.2 Å². The highest BCUT2D eigenvalue weighted by molar-refractivity contribution is 4.84. The van der Waals surface area contributed by atoms with Crippen molar-refractivity contribution in [3.8, 4) is 0 Å². The second kappa shape index (κ2) is 5.99. The van der Waals surface area contributed by atoms with Crippen molar-refractivity contribution in [1.29, 1.82) is 0 Å². The maximum atomic E-state index is 6.12. The number of ether oxygens (including phenoxy) is 2. The SMILES string of the molecule is CCC(N)C(OCC1CCCO1)C(C)(C)C. The maximum Gasteiger partial charge on any atom is 0.0809 e. The third-order valence-electron chi connectivity index (χ3n) is 3.20. The van der Waals surface area contributed by atoms with Crippen molar-refractivity contribution in [2.24, 2.45) is 11.1 Å². The zero-order chi connectivity index (χ0) is 12.2. The second-order valence-corrected chi connectivity index (χ2v) is 5.83. The van der Waals surface area contributed by atoms with E-state index in [0.717, 1.165) is 25.9 Å². The highest BCUT2D eigenvalue weighted by Crippen LogP contribution is 2.26. The number of rotatable bonds is 5. The average molecular weight is 229 g/mol. The Morgan fingerprint density at radius 2 is 2.12 bits per heavy atom. The molecule has 1 aliphatic rings. The third-order valence-corrected chi connectivity index (χ3v) is 3.20. The molecule has 16 heavy (non-hydrogen) atoms. The minimum Gasteiger partial charge on any atom is -0.376 e. The minimum absolute atomic E-state index is 0.0913. The van der Waals surface area contributed by atoms with Gasteiger partial charge in [-0.2, -0.15) is 0 Å².